The van der Waals surface area contributed by atoms with E-state index in [0.717, 1.165) is 0 Å². The fraction of sp³-hybridized carbons (Fsp3) is 0. The van der Waals surface area contributed by atoms with Crippen LogP contribution in [0.15, 0.2) is 12.3 Å². The van der Waals surface area contributed by atoms with E-state index in [-0.39, 0.29) is 5.69 Å². The van der Waals surface area contributed by atoms with Crippen LogP contribution in [0.2, 0.25) is 0 Å². The van der Waals surface area contributed by atoms with Crippen LogP contribution in [0, 0.1) is 0 Å². The summed E-state index contributed by atoms with van der Waals surface area (Å²) in [6, 6.07) is 1.36. The van der Waals surface area contributed by atoms with E-state index < -0.39 is 5.97 Å². The van der Waals surface area contributed by atoms with E-state index in [2.05, 4.69) is 4.98 Å². The van der Waals surface area contributed by atoms with Crippen molar-refractivity contribution < 1.29 is 9.90 Å². The van der Waals surface area contributed by atoms with Crippen LogP contribution >= 0.6 is 0 Å². The number of nitrogens with two attached hydrogens (primary N) is 1. The molecule has 4 heteroatoms. The first kappa shape index (κ1) is 5.68. The second-order valence-corrected chi connectivity index (χ2v) is 1.65. The summed E-state index contributed by atoms with van der Waals surface area (Å²) in [7, 11) is 0. The molecule has 0 bridgehead atoms. The van der Waals surface area contributed by atoms with Crippen molar-refractivity contribution in [3.63, 3.8) is 0 Å². The molecule has 0 amide bonds. The smallest absolute Gasteiger partial charge is 0.352 e. The van der Waals surface area contributed by atoms with Crippen LogP contribution in [0.3, 0.4) is 0 Å². The second kappa shape index (κ2) is 1.81. The van der Waals surface area contributed by atoms with Gasteiger partial charge in [-0.15, -0.1) is 0 Å². The van der Waals surface area contributed by atoms with Gasteiger partial charge in [-0.05, 0) is 6.07 Å². The Balaban J connectivity index is 2.98. The molecular formula is C5H6N2O2. The lowest BCUT2D eigenvalue weighted by molar-refractivity contribution is 0.0691. The van der Waals surface area contributed by atoms with Crippen LogP contribution in [0.1, 0.15) is 10.5 Å². The first-order chi connectivity index (χ1) is 4.20. The van der Waals surface area contributed by atoms with Crippen LogP contribution in [-0.2, 0) is 0 Å². The Kier molecular flexibility index (Phi) is 1.14. The van der Waals surface area contributed by atoms with E-state index in [4.69, 9.17) is 10.8 Å². The van der Waals surface area contributed by atoms with Crippen molar-refractivity contribution in [2.45, 2.75) is 0 Å². The number of anilines is 1. The number of aromatic carboxylic acids is 1. The van der Waals surface area contributed by atoms with Crippen LogP contribution in [-0.4, -0.2) is 16.1 Å². The molecule has 4 N–H and O–H groups in total. The summed E-state index contributed by atoms with van der Waals surface area (Å²) in [5.74, 6) is -0.994. The Morgan fingerprint density at radius 1 is 1.78 bits per heavy atom. The minimum absolute atomic E-state index is 0.118. The van der Waals surface area contributed by atoms with Crippen LogP contribution in [0.5, 0.6) is 0 Å². The van der Waals surface area contributed by atoms with Crippen LogP contribution in [0.25, 0.3) is 0 Å². The predicted molar refractivity (Wildman–Crippen MR) is 32.2 cm³/mol. The second-order valence-electron chi connectivity index (χ2n) is 1.65. The molecule has 9 heavy (non-hydrogen) atoms. The van der Waals surface area contributed by atoms with Gasteiger partial charge in [-0.25, -0.2) is 4.79 Å². The lowest BCUT2D eigenvalue weighted by Gasteiger charge is -1.81. The Hall–Kier alpha value is -1.45. The molecule has 0 aliphatic heterocycles. The third kappa shape index (κ3) is 1.02. The summed E-state index contributed by atoms with van der Waals surface area (Å²) in [6.07, 6.45) is 1.43. The van der Waals surface area contributed by atoms with Gasteiger partial charge in [0.2, 0.25) is 0 Å². The summed E-state index contributed by atoms with van der Waals surface area (Å²) in [5, 5.41) is 8.31. The molecule has 48 valence electrons. The molecule has 0 spiro atoms. The summed E-state index contributed by atoms with van der Waals surface area (Å²) in [6.45, 7) is 0. The number of hydrogen-bond donors (Lipinski definition) is 3. The molecule has 0 unspecified atom stereocenters. The lowest BCUT2D eigenvalue weighted by atomic mass is 10.4. The number of H-pyrrole nitrogens is 1. The molecule has 0 aliphatic rings. The first-order valence-corrected chi connectivity index (χ1v) is 2.37. The maximum Gasteiger partial charge on any atom is 0.352 e. The highest BCUT2D eigenvalue weighted by molar-refractivity contribution is 5.86. The van der Waals surface area contributed by atoms with Crippen molar-refractivity contribution in [2.75, 3.05) is 5.73 Å². The number of carboxylic acids is 1. The van der Waals surface area contributed by atoms with Gasteiger partial charge in [0.25, 0.3) is 0 Å². The molecule has 1 rings (SSSR count). The van der Waals surface area contributed by atoms with Gasteiger partial charge >= 0.3 is 5.97 Å². The van der Waals surface area contributed by atoms with Crippen molar-refractivity contribution in [3.05, 3.63) is 18.0 Å². The fourth-order valence-electron chi connectivity index (χ4n) is 0.535. The molecule has 1 heterocycles. The van der Waals surface area contributed by atoms with Crippen molar-refractivity contribution >= 4 is 11.7 Å². The molecule has 0 aromatic carbocycles. The molecule has 0 radical (unpaired) electrons. The lowest BCUT2D eigenvalue weighted by Crippen LogP contribution is -1.94. The maximum atomic E-state index is 10.1. The first-order valence-electron chi connectivity index (χ1n) is 2.37. The van der Waals surface area contributed by atoms with Crippen molar-refractivity contribution in [1.82, 2.24) is 4.98 Å². The van der Waals surface area contributed by atoms with Gasteiger partial charge in [-0.2, -0.15) is 0 Å². The minimum atomic E-state index is -0.994. The SMILES string of the molecule is Nc1c[nH]c(C(=O)O)c1. The Morgan fingerprint density at radius 3 is 2.67 bits per heavy atom. The maximum absolute atomic E-state index is 10.1. The molecule has 0 fully saturated rings. The van der Waals surface area contributed by atoms with Crippen LogP contribution in [0.4, 0.5) is 5.69 Å². The standard InChI is InChI=1S/C5H6N2O2/c6-3-1-4(5(8)9)7-2-3/h1-2,7H,6H2,(H,8,9). The fourth-order valence-corrected chi connectivity index (χ4v) is 0.535. The highest BCUT2D eigenvalue weighted by Gasteiger charge is 2.02. The predicted octanol–water partition coefficient (Wildman–Crippen LogP) is 0.295. The molecule has 0 aliphatic carbocycles. The van der Waals surface area contributed by atoms with Gasteiger partial charge in [-0.3, -0.25) is 0 Å². The normalized spacial score (nSPS) is 9.33. The van der Waals surface area contributed by atoms with Gasteiger partial charge in [-0.1, -0.05) is 0 Å². The molecule has 0 saturated carbocycles. The number of hydrogen-bond acceptors (Lipinski definition) is 2. The Labute approximate surface area is 51.3 Å². The number of carbonyl (C=O) groups is 1. The van der Waals surface area contributed by atoms with Gasteiger partial charge in [0.05, 0.1) is 5.69 Å². The quantitative estimate of drug-likeness (QED) is 0.506. The highest BCUT2D eigenvalue weighted by Crippen LogP contribution is 2.02. The number of rotatable bonds is 1. The number of aromatic amines is 1. The van der Waals surface area contributed by atoms with E-state index in [1.807, 2.05) is 0 Å². The zero-order valence-electron chi connectivity index (χ0n) is 4.59. The third-order valence-electron chi connectivity index (χ3n) is 0.936. The molecule has 1 aromatic heterocycles. The summed E-state index contributed by atoms with van der Waals surface area (Å²) in [4.78, 5) is 12.6. The molecule has 0 atom stereocenters. The van der Waals surface area contributed by atoms with E-state index >= 15 is 0 Å². The Morgan fingerprint density at radius 2 is 2.44 bits per heavy atom. The highest BCUT2D eigenvalue weighted by atomic mass is 16.4. The molecule has 1 aromatic rings. The van der Waals surface area contributed by atoms with Crippen LogP contribution < -0.4 is 5.73 Å². The number of carboxylic acid groups (broad SMARTS) is 1. The van der Waals surface area contributed by atoms with Crippen molar-refractivity contribution in [3.8, 4) is 0 Å². The summed E-state index contributed by atoms with van der Waals surface area (Å²) in [5.41, 5.74) is 5.78. The van der Waals surface area contributed by atoms with Crippen molar-refractivity contribution in [1.29, 1.82) is 0 Å². The topological polar surface area (TPSA) is 79.1 Å². The van der Waals surface area contributed by atoms with Gasteiger partial charge in [0, 0.05) is 6.20 Å². The average molecular weight is 126 g/mol. The summed E-state index contributed by atoms with van der Waals surface area (Å²) >= 11 is 0. The van der Waals surface area contributed by atoms with E-state index in [1.165, 1.54) is 12.3 Å². The zero-order valence-corrected chi connectivity index (χ0v) is 4.59. The number of nitrogen functional groups attached to an aromatic ring is 1. The minimum Gasteiger partial charge on any atom is -0.477 e. The largest absolute Gasteiger partial charge is 0.477 e. The van der Waals surface area contributed by atoms with Gasteiger partial charge in [0.1, 0.15) is 5.69 Å². The van der Waals surface area contributed by atoms with E-state index in [9.17, 15) is 4.79 Å². The molecule has 0 saturated heterocycles. The summed E-state index contributed by atoms with van der Waals surface area (Å²) < 4.78 is 0. The molecule has 4 nitrogen and oxygen atoms in total. The zero-order chi connectivity index (χ0) is 6.85. The van der Waals surface area contributed by atoms with Gasteiger partial charge in [0.15, 0.2) is 0 Å². The Bertz CT molecular complexity index is 229. The van der Waals surface area contributed by atoms with Crippen molar-refractivity contribution in [2.24, 2.45) is 0 Å². The van der Waals surface area contributed by atoms with E-state index in [0.29, 0.717) is 5.69 Å². The van der Waals surface area contributed by atoms with Gasteiger partial charge < -0.3 is 15.8 Å². The number of aromatic nitrogens is 1. The monoisotopic (exact) mass is 126 g/mol. The molecular weight excluding hydrogens is 120 g/mol. The van der Waals surface area contributed by atoms with E-state index in [1.54, 1.807) is 0 Å². The third-order valence-corrected chi connectivity index (χ3v) is 0.936. The average Bonchev–Trinajstić information content (AvgIpc) is 2.14. The number of nitrogens with one attached hydrogen (secondary N) is 1.